The van der Waals surface area contributed by atoms with Gasteiger partial charge in [0.2, 0.25) is 0 Å². The van der Waals surface area contributed by atoms with E-state index in [1.165, 1.54) is 35.4 Å². The summed E-state index contributed by atoms with van der Waals surface area (Å²) in [5.41, 5.74) is 5.82. The van der Waals surface area contributed by atoms with E-state index in [2.05, 4.69) is 107 Å². The van der Waals surface area contributed by atoms with Crippen LogP contribution in [-0.4, -0.2) is 42.5 Å². The molecule has 1 saturated heterocycles. The van der Waals surface area contributed by atoms with Crippen LogP contribution in [0.15, 0.2) is 97.1 Å². The van der Waals surface area contributed by atoms with Crippen molar-refractivity contribution in [1.82, 2.24) is 9.80 Å². The summed E-state index contributed by atoms with van der Waals surface area (Å²) < 4.78 is 0. The zero-order chi connectivity index (χ0) is 20.9. The van der Waals surface area contributed by atoms with Crippen LogP contribution < -0.4 is 0 Å². The smallest absolute Gasteiger partial charge is 0.0234 e. The molecule has 0 bridgehead atoms. The van der Waals surface area contributed by atoms with Gasteiger partial charge in [-0.05, 0) is 34.6 Å². The summed E-state index contributed by atoms with van der Waals surface area (Å²) in [6.07, 6.45) is 3.60. The molecule has 2 nitrogen and oxygen atoms in total. The average molecular weight is 409 g/mol. The van der Waals surface area contributed by atoms with Gasteiger partial charge in [-0.25, -0.2) is 0 Å². The first-order chi connectivity index (χ1) is 15.3. The lowest BCUT2D eigenvalue weighted by atomic mass is 9.88. The fourth-order valence-electron chi connectivity index (χ4n) is 5.32. The standard InChI is InChI=1S/C29H32N2/c1-4-10-24(11-5-1)20-31-22-28(29(23-31)27-14-8-3-9-15-27)21-30-18-16-26(17-19-30)25-12-6-2-7-13-25/h1-16,28-29H,17-23H2/t28?,29-/m1/s1. The molecular weight excluding hydrogens is 376 g/mol. The average Bonchev–Trinajstić information content (AvgIpc) is 3.23. The molecule has 0 spiro atoms. The second kappa shape index (κ2) is 9.64. The fraction of sp³-hybridized carbons (Fsp3) is 0.310. The fourth-order valence-corrected chi connectivity index (χ4v) is 5.32. The Kier molecular flexibility index (Phi) is 6.29. The lowest BCUT2D eigenvalue weighted by Crippen LogP contribution is -2.35. The van der Waals surface area contributed by atoms with Crippen LogP contribution in [0.25, 0.3) is 5.57 Å². The molecule has 1 fully saturated rings. The molecule has 31 heavy (non-hydrogen) atoms. The zero-order valence-electron chi connectivity index (χ0n) is 18.2. The number of hydrogen-bond acceptors (Lipinski definition) is 2. The second-order valence-electron chi connectivity index (χ2n) is 9.06. The highest BCUT2D eigenvalue weighted by atomic mass is 15.2. The van der Waals surface area contributed by atoms with Crippen LogP contribution in [0.1, 0.15) is 29.0 Å². The molecule has 2 heterocycles. The molecule has 2 aliphatic heterocycles. The van der Waals surface area contributed by atoms with Gasteiger partial charge in [0, 0.05) is 45.2 Å². The van der Waals surface area contributed by atoms with Crippen LogP contribution in [0, 0.1) is 5.92 Å². The van der Waals surface area contributed by atoms with E-state index in [1.54, 1.807) is 0 Å². The maximum Gasteiger partial charge on any atom is 0.0234 e. The van der Waals surface area contributed by atoms with E-state index in [9.17, 15) is 0 Å². The van der Waals surface area contributed by atoms with Crippen molar-refractivity contribution in [2.45, 2.75) is 18.9 Å². The molecule has 0 amide bonds. The topological polar surface area (TPSA) is 6.48 Å². The number of benzene rings is 3. The maximum absolute atomic E-state index is 2.67. The van der Waals surface area contributed by atoms with E-state index < -0.39 is 0 Å². The maximum atomic E-state index is 2.67. The first-order valence-electron chi connectivity index (χ1n) is 11.6. The Balaban J connectivity index is 1.27. The predicted molar refractivity (Wildman–Crippen MR) is 130 cm³/mol. The quantitative estimate of drug-likeness (QED) is 0.517. The summed E-state index contributed by atoms with van der Waals surface area (Å²) in [5, 5.41) is 0. The number of likely N-dealkylation sites (tertiary alicyclic amines) is 1. The van der Waals surface area contributed by atoms with Crippen molar-refractivity contribution in [2.24, 2.45) is 5.92 Å². The van der Waals surface area contributed by atoms with Gasteiger partial charge in [0.15, 0.2) is 0 Å². The van der Waals surface area contributed by atoms with Gasteiger partial charge in [-0.2, -0.15) is 0 Å². The minimum atomic E-state index is 0.615. The van der Waals surface area contributed by atoms with Crippen LogP contribution in [0.3, 0.4) is 0 Å². The Morgan fingerprint density at radius 2 is 1.39 bits per heavy atom. The van der Waals surface area contributed by atoms with E-state index in [0.29, 0.717) is 11.8 Å². The first-order valence-corrected chi connectivity index (χ1v) is 11.6. The van der Waals surface area contributed by atoms with Crippen molar-refractivity contribution >= 4 is 5.57 Å². The molecule has 2 atom stereocenters. The first kappa shape index (κ1) is 20.2. The van der Waals surface area contributed by atoms with Crippen molar-refractivity contribution in [3.05, 3.63) is 114 Å². The lowest BCUT2D eigenvalue weighted by Gasteiger charge is -2.31. The number of nitrogens with zero attached hydrogens (tertiary/aromatic N) is 2. The Morgan fingerprint density at radius 1 is 0.710 bits per heavy atom. The summed E-state index contributed by atoms with van der Waals surface area (Å²) in [7, 11) is 0. The Labute approximate surface area is 186 Å². The van der Waals surface area contributed by atoms with Gasteiger partial charge in [0.25, 0.3) is 0 Å². The van der Waals surface area contributed by atoms with Gasteiger partial charge in [-0.3, -0.25) is 9.80 Å². The van der Waals surface area contributed by atoms with Crippen LogP contribution in [-0.2, 0) is 6.54 Å². The molecule has 158 valence electrons. The van der Waals surface area contributed by atoms with E-state index in [0.717, 1.165) is 32.6 Å². The van der Waals surface area contributed by atoms with Crippen molar-refractivity contribution in [3.63, 3.8) is 0 Å². The summed E-state index contributed by atoms with van der Waals surface area (Å²) in [5.74, 6) is 1.29. The van der Waals surface area contributed by atoms with Crippen LogP contribution in [0.2, 0.25) is 0 Å². The van der Waals surface area contributed by atoms with Gasteiger partial charge in [0.1, 0.15) is 0 Å². The third kappa shape index (κ3) is 4.98. The van der Waals surface area contributed by atoms with Gasteiger partial charge < -0.3 is 0 Å². The van der Waals surface area contributed by atoms with Crippen LogP contribution in [0.4, 0.5) is 0 Å². The summed E-state index contributed by atoms with van der Waals surface area (Å²) in [4.78, 5) is 5.33. The molecule has 3 aromatic rings. The molecule has 1 unspecified atom stereocenters. The number of rotatable bonds is 6. The van der Waals surface area contributed by atoms with Crippen molar-refractivity contribution in [3.8, 4) is 0 Å². The Hall–Kier alpha value is -2.68. The second-order valence-corrected chi connectivity index (χ2v) is 9.06. The highest BCUT2D eigenvalue weighted by molar-refractivity contribution is 5.66. The SMILES string of the molecule is C1=C(c2ccccc2)CCN(CC2CN(Cc3ccccc3)C[C@@H]2c2ccccc2)C1. The molecule has 2 aliphatic rings. The van der Waals surface area contributed by atoms with Crippen molar-refractivity contribution in [2.75, 3.05) is 32.7 Å². The molecule has 0 aromatic heterocycles. The van der Waals surface area contributed by atoms with Crippen LogP contribution >= 0.6 is 0 Å². The highest BCUT2D eigenvalue weighted by Gasteiger charge is 2.34. The lowest BCUT2D eigenvalue weighted by molar-refractivity contribution is 0.237. The normalized spacial score (nSPS) is 22.4. The Morgan fingerprint density at radius 3 is 2.06 bits per heavy atom. The molecule has 0 N–H and O–H groups in total. The monoisotopic (exact) mass is 408 g/mol. The third-order valence-electron chi connectivity index (χ3n) is 6.92. The highest BCUT2D eigenvalue weighted by Crippen LogP contribution is 2.35. The predicted octanol–water partition coefficient (Wildman–Crippen LogP) is 5.69. The van der Waals surface area contributed by atoms with E-state index in [1.807, 2.05) is 0 Å². The molecule has 0 saturated carbocycles. The molecule has 0 radical (unpaired) electrons. The number of hydrogen-bond donors (Lipinski definition) is 0. The van der Waals surface area contributed by atoms with Gasteiger partial charge in [0.05, 0.1) is 0 Å². The van der Waals surface area contributed by atoms with Crippen molar-refractivity contribution in [1.29, 1.82) is 0 Å². The molecular formula is C29H32N2. The minimum absolute atomic E-state index is 0.615. The third-order valence-corrected chi connectivity index (χ3v) is 6.92. The van der Waals surface area contributed by atoms with Crippen molar-refractivity contribution < 1.29 is 0 Å². The minimum Gasteiger partial charge on any atom is -0.299 e. The molecule has 5 rings (SSSR count). The summed E-state index contributed by atoms with van der Waals surface area (Å²) in [6, 6.07) is 33.0. The van der Waals surface area contributed by atoms with Gasteiger partial charge >= 0.3 is 0 Å². The van der Waals surface area contributed by atoms with Gasteiger partial charge in [-0.15, -0.1) is 0 Å². The molecule has 0 aliphatic carbocycles. The summed E-state index contributed by atoms with van der Waals surface area (Å²) >= 11 is 0. The van der Waals surface area contributed by atoms with E-state index >= 15 is 0 Å². The summed E-state index contributed by atoms with van der Waals surface area (Å²) in [6.45, 7) is 6.81. The van der Waals surface area contributed by atoms with Crippen LogP contribution in [0.5, 0.6) is 0 Å². The van der Waals surface area contributed by atoms with E-state index in [-0.39, 0.29) is 0 Å². The zero-order valence-corrected chi connectivity index (χ0v) is 18.2. The van der Waals surface area contributed by atoms with Gasteiger partial charge in [-0.1, -0.05) is 97.1 Å². The largest absolute Gasteiger partial charge is 0.299 e. The Bertz CT molecular complexity index is 981. The molecule has 3 aromatic carbocycles. The molecule has 2 heteroatoms. The van der Waals surface area contributed by atoms with E-state index in [4.69, 9.17) is 0 Å².